The van der Waals surface area contributed by atoms with Gasteiger partial charge in [-0.1, -0.05) is 46.3 Å². The van der Waals surface area contributed by atoms with Gasteiger partial charge in [-0.2, -0.15) is 5.10 Å². The zero-order chi connectivity index (χ0) is 19.7. The second-order valence-electron chi connectivity index (χ2n) is 6.98. The van der Waals surface area contributed by atoms with Gasteiger partial charge in [-0.15, -0.1) is 0 Å². The van der Waals surface area contributed by atoms with Crippen LogP contribution < -0.4 is 10.9 Å². The first-order valence-corrected chi connectivity index (χ1v) is 9.92. The molecule has 0 radical (unpaired) electrons. The molecule has 2 heterocycles. The minimum Gasteiger partial charge on any atom is -0.381 e. The molecule has 28 heavy (non-hydrogen) atoms. The number of nitrogens with one attached hydrogen (secondary N) is 1. The zero-order valence-corrected chi connectivity index (χ0v) is 17.0. The number of ether oxygens (including phenoxy) is 1. The van der Waals surface area contributed by atoms with Gasteiger partial charge >= 0.3 is 0 Å². The molecular formula is C21H20BrN3O3. The van der Waals surface area contributed by atoms with E-state index in [2.05, 4.69) is 26.3 Å². The van der Waals surface area contributed by atoms with Gasteiger partial charge in [0.15, 0.2) is 5.69 Å². The molecule has 0 unspecified atom stereocenters. The molecular weight excluding hydrogens is 422 g/mol. The van der Waals surface area contributed by atoms with Crippen molar-refractivity contribution < 1.29 is 9.53 Å². The van der Waals surface area contributed by atoms with Crippen molar-refractivity contribution in [2.75, 3.05) is 13.2 Å². The quantitative estimate of drug-likeness (QED) is 0.677. The highest BCUT2D eigenvalue weighted by atomic mass is 79.9. The highest BCUT2D eigenvalue weighted by Gasteiger charge is 2.37. The third-order valence-electron chi connectivity index (χ3n) is 5.25. The fraction of sp³-hybridized carbons (Fsp3) is 0.286. The van der Waals surface area contributed by atoms with E-state index in [0.29, 0.717) is 36.8 Å². The predicted octanol–water partition coefficient (Wildman–Crippen LogP) is 3.13. The van der Waals surface area contributed by atoms with E-state index in [4.69, 9.17) is 4.74 Å². The molecule has 1 aliphatic rings. The summed E-state index contributed by atoms with van der Waals surface area (Å²) in [4.78, 5) is 25.7. The normalized spacial score (nSPS) is 16.1. The molecule has 4 rings (SSSR count). The van der Waals surface area contributed by atoms with Gasteiger partial charge in [-0.3, -0.25) is 9.59 Å². The molecule has 0 aliphatic carbocycles. The van der Waals surface area contributed by atoms with Crippen molar-refractivity contribution in [3.63, 3.8) is 0 Å². The Kier molecular flexibility index (Phi) is 5.03. The number of hydrogen-bond donors (Lipinski definition) is 1. The van der Waals surface area contributed by atoms with E-state index in [0.717, 1.165) is 10.0 Å². The van der Waals surface area contributed by atoms with Crippen LogP contribution in [0, 0.1) is 0 Å². The van der Waals surface area contributed by atoms with Crippen molar-refractivity contribution >= 4 is 32.6 Å². The molecule has 1 amide bonds. The van der Waals surface area contributed by atoms with Gasteiger partial charge in [0.25, 0.3) is 11.5 Å². The first kappa shape index (κ1) is 18.8. The van der Waals surface area contributed by atoms with E-state index >= 15 is 0 Å². The molecule has 6 nitrogen and oxygen atoms in total. The minimum absolute atomic E-state index is 0.222. The molecule has 1 saturated heterocycles. The Morgan fingerprint density at radius 3 is 2.57 bits per heavy atom. The van der Waals surface area contributed by atoms with Gasteiger partial charge in [0, 0.05) is 30.1 Å². The molecule has 0 bridgehead atoms. The summed E-state index contributed by atoms with van der Waals surface area (Å²) in [5.41, 5.74) is 0.502. The Bertz CT molecular complexity index is 1100. The monoisotopic (exact) mass is 441 g/mol. The third-order valence-corrected chi connectivity index (χ3v) is 5.74. The van der Waals surface area contributed by atoms with Gasteiger partial charge in [0.1, 0.15) is 0 Å². The Labute approximate surface area is 170 Å². The van der Waals surface area contributed by atoms with Crippen LogP contribution in [0.3, 0.4) is 0 Å². The summed E-state index contributed by atoms with van der Waals surface area (Å²) < 4.78 is 7.71. The maximum atomic E-state index is 13.3. The molecule has 1 aliphatic heterocycles. The van der Waals surface area contributed by atoms with Crippen LogP contribution in [-0.4, -0.2) is 28.9 Å². The molecule has 1 fully saturated rings. The predicted molar refractivity (Wildman–Crippen MR) is 110 cm³/mol. The zero-order valence-electron chi connectivity index (χ0n) is 15.4. The van der Waals surface area contributed by atoms with E-state index in [1.54, 1.807) is 31.3 Å². The van der Waals surface area contributed by atoms with Crippen molar-refractivity contribution in [2.45, 2.75) is 18.4 Å². The van der Waals surface area contributed by atoms with E-state index in [1.807, 2.05) is 24.3 Å². The maximum Gasteiger partial charge on any atom is 0.274 e. The number of amides is 1. The second kappa shape index (κ2) is 7.48. The first-order chi connectivity index (χ1) is 13.5. The van der Waals surface area contributed by atoms with Crippen LogP contribution in [0.4, 0.5) is 0 Å². The number of carbonyl (C=O) groups excluding carboxylic acids is 1. The van der Waals surface area contributed by atoms with Crippen molar-refractivity contribution in [1.29, 1.82) is 0 Å². The van der Waals surface area contributed by atoms with Crippen LogP contribution in [0.25, 0.3) is 10.8 Å². The molecule has 3 aromatic rings. The van der Waals surface area contributed by atoms with Crippen LogP contribution in [0.1, 0.15) is 28.9 Å². The first-order valence-electron chi connectivity index (χ1n) is 9.12. The van der Waals surface area contributed by atoms with Gasteiger partial charge in [0.05, 0.1) is 10.9 Å². The van der Waals surface area contributed by atoms with Crippen molar-refractivity contribution in [3.8, 4) is 0 Å². The summed E-state index contributed by atoms with van der Waals surface area (Å²) >= 11 is 3.52. The minimum atomic E-state index is -0.545. The van der Waals surface area contributed by atoms with E-state index in [1.165, 1.54) is 4.68 Å². The third kappa shape index (κ3) is 3.36. The number of fused-ring (bicyclic) bond motifs is 1. The summed E-state index contributed by atoms with van der Waals surface area (Å²) in [5.74, 6) is -0.298. The number of rotatable bonds is 3. The van der Waals surface area contributed by atoms with Gasteiger partial charge in [-0.25, -0.2) is 4.68 Å². The van der Waals surface area contributed by atoms with Crippen molar-refractivity contribution in [1.82, 2.24) is 15.1 Å². The van der Waals surface area contributed by atoms with Crippen LogP contribution in [-0.2, 0) is 17.3 Å². The van der Waals surface area contributed by atoms with Crippen LogP contribution >= 0.6 is 15.9 Å². The average molecular weight is 442 g/mol. The van der Waals surface area contributed by atoms with Crippen LogP contribution in [0.15, 0.2) is 57.8 Å². The summed E-state index contributed by atoms with van der Waals surface area (Å²) in [7, 11) is 1.56. The van der Waals surface area contributed by atoms with Crippen molar-refractivity contribution in [3.05, 3.63) is 74.6 Å². The standard InChI is InChI=1S/C21H20BrN3O3/c1-25-20(27)17-8-3-2-7-16(17)18(24-25)19(26)23-21(9-11-28-12-10-21)14-5-4-6-15(22)13-14/h2-8,13H,9-12H2,1H3,(H,23,26). The number of aryl methyl sites for hydroxylation is 1. The van der Waals surface area contributed by atoms with Crippen LogP contribution in [0.5, 0.6) is 0 Å². The largest absolute Gasteiger partial charge is 0.381 e. The molecule has 7 heteroatoms. The molecule has 0 spiro atoms. The fourth-order valence-corrected chi connectivity index (χ4v) is 4.14. The van der Waals surface area contributed by atoms with E-state index < -0.39 is 5.54 Å². The van der Waals surface area contributed by atoms with Crippen LogP contribution in [0.2, 0.25) is 0 Å². The molecule has 0 saturated carbocycles. The fourth-order valence-electron chi connectivity index (χ4n) is 3.74. The highest BCUT2D eigenvalue weighted by Crippen LogP contribution is 2.34. The Balaban J connectivity index is 1.78. The van der Waals surface area contributed by atoms with Crippen molar-refractivity contribution in [2.24, 2.45) is 7.05 Å². The SMILES string of the molecule is Cn1nc(C(=O)NC2(c3cccc(Br)c3)CCOCC2)c2ccccc2c1=O. The number of halogens is 1. The van der Waals surface area contributed by atoms with Gasteiger partial charge in [0.2, 0.25) is 0 Å². The molecule has 0 atom stereocenters. The second-order valence-corrected chi connectivity index (χ2v) is 7.90. The lowest BCUT2D eigenvalue weighted by Gasteiger charge is -2.38. The Morgan fingerprint density at radius 1 is 1.14 bits per heavy atom. The number of nitrogens with zero attached hydrogens (tertiary/aromatic N) is 2. The summed E-state index contributed by atoms with van der Waals surface area (Å²) in [6, 6.07) is 15.0. The highest BCUT2D eigenvalue weighted by molar-refractivity contribution is 9.10. The Hall–Kier alpha value is -2.51. The molecule has 144 valence electrons. The molecule has 2 aromatic carbocycles. The van der Waals surface area contributed by atoms with Gasteiger partial charge < -0.3 is 10.1 Å². The smallest absolute Gasteiger partial charge is 0.274 e. The molecule has 1 N–H and O–H groups in total. The average Bonchev–Trinajstić information content (AvgIpc) is 2.71. The topological polar surface area (TPSA) is 73.2 Å². The number of benzene rings is 2. The Morgan fingerprint density at radius 2 is 1.86 bits per heavy atom. The number of carbonyl (C=O) groups is 1. The molecule has 1 aromatic heterocycles. The lowest BCUT2D eigenvalue weighted by molar-refractivity contribution is 0.0344. The summed E-state index contributed by atoms with van der Waals surface area (Å²) in [6.45, 7) is 1.13. The maximum absolute atomic E-state index is 13.3. The lowest BCUT2D eigenvalue weighted by Crippen LogP contribution is -2.50. The number of aromatic nitrogens is 2. The van der Waals surface area contributed by atoms with Gasteiger partial charge in [-0.05, 0) is 36.6 Å². The summed E-state index contributed by atoms with van der Waals surface area (Å²) in [6.07, 6.45) is 1.33. The van der Waals surface area contributed by atoms with E-state index in [9.17, 15) is 9.59 Å². The van der Waals surface area contributed by atoms with E-state index in [-0.39, 0.29) is 17.2 Å². The summed E-state index contributed by atoms with van der Waals surface area (Å²) in [5, 5.41) is 8.51. The number of hydrogen-bond acceptors (Lipinski definition) is 4. The lowest BCUT2D eigenvalue weighted by atomic mass is 9.82.